The number of H-pyrrole nitrogens is 1. The van der Waals surface area contributed by atoms with E-state index in [9.17, 15) is 9.90 Å². The highest BCUT2D eigenvalue weighted by Crippen LogP contribution is 2.01. The van der Waals surface area contributed by atoms with E-state index < -0.39 is 6.10 Å². The highest BCUT2D eigenvalue weighted by Gasteiger charge is 2.09. The van der Waals surface area contributed by atoms with Gasteiger partial charge in [-0.25, -0.2) is 4.98 Å². The van der Waals surface area contributed by atoms with Gasteiger partial charge in [0.2, 0.25) is 0 Å². The van der Waals surface area contributed by atoms with Crippen molar-refractivity contribution in [2.45, 2.75) is 20.0 Å². The van der Waals surface area contributed by atoms with Crippen molar-refractivity contribution in [2.24, 2.45) is 5.92 Å². The van der Waals surface area contributed by atoms with Gasteiger partial charge in [0.25, 0.3) is 5.56 Å². The molecule has 1 aromatic rings. The summed E-state index contributed by atoms with van der Waals surface area (Å²) in [4.78, 5) is 17.5. The Bertz CT molecular complexity index is 335. The lowest BCUT2D eigenvalue weighted by Crippen LogP contribution is -2.27. The van der Waals surface area contributed by atoms with E-state index in [0.29, 0.717) is 6.54 Å². The van der Waals surface area contributed by atoms with Crippen LogP contribution in [0.2, 0.25) is 0 Å². The van der Waals surface area contributed by atoms with Gasteiger partial charge in [-0.15, -0.1) is 0 Å². The SMILES string of the molecule is CC(C)C(O)CNc1ncc[nH]c1=O. The van der Waals surface area contributed by atoms with Gasteiger partial charge in [0.15, 0.2) is 5.82 Å². The minimum atomic E-state index is -0.476. The summed E-state index contributed by atoms with van der Waals surface area (Å²) in [5.41, 5.74) is -0.275. The van der Waals surface area contributed by atoms with Gasteiger partial charge in [-0.1, -0.05) is 13.8 Å². The average Bonchev–Trinajstić information content (AvgIpc) is 2.16. The Morgan fingerprint density at radius 3 is 2.93 bits per heavy atom. The molecule has 0 spiro atoms. The Hall–Kier alpha value is -1.36. The van der Waals surface area contributed by atoms with E-state index in [-0.39, 0.29) is 17.3 Å². The average molecular weight is 197 g/mol. The first-order valence-corrected chi connectivity index (χ1v) is 4.57. The summed E-state index contributed by atoms with van der Waals surface area (Å²) >= 11 is 0. The van der Waals surface area contributed by atoms with E-state index in [1.807, 2.05) is 13.8 Å². The third kappa shape index (κ3) is 2.85. The van der Waals surface area contributed by atoms with Crippen LogP contribution in [0.4, 0.5) is 5.82 Å². The lowest BCUT2D eigenvalue weighted by molar-refractivity contribution is 0.138. The molecule has 78 valence electrons. The molecule has 5 heteroatoms. The molecule has 0 saturated carbocycles. The predicted octanol–water partition coefficient (Wildman–Crippen LogP) is 0.199. The molecular weight excluding hydrogens is 182 g/mol. The molecule has 0 amide bonds. The van der Waals surface area contributed by atoms with E-state index in [1.165, 1.54) is 12.4 Å². The monoisotopic (exact) mass is 197 g/mol. The molecule has 3 N–H and O–H groups in total. The van der Waals surface area contributed by atoms with E-state index in [0.717, 1.165) is 0 Å². The van der Waals surface area contributed by atoms with Crippen LogP contribution in [0.3, 0.4) is 0 Å². The van der Waals surface area contributed by atoms with Crippen LogP contribution < -0.4 is 10.9 Å². The summed E-state index contributed by atoms with van der Waals surface area (Å²) in [6.07, 6.45) is 2.48. The topological polar surface area (TPSA) is 78.0 Å². The number of hydrogen-bond acceptors (Lipinski definition) is 4. The van der Waals surface area contributed by atoms with Crippen molar-refractivity contribution in [3.63, 3.8) is 0 Å². The third-order valence-electron chi connectivity index (χ3n) is 1.96. The molecule has 5 nitrogen and oxygen atoms in total. The van der Waals surface area contributed by atoms with Crippen molar-refractivity contribution in [3.05, 3.63) is 22.7 Å². The van der Waals surface area contributed by atoms with Crippen LogP contribution in [-0.2, 0) is 0 Å². The molecule has 1 atom stereocenters. The lowest BCUT2D eigenvalue weighted by atomic mass is 10.1. The Kier molecular flexibility index (Phi) is 3.64. The maximum atomic E-state index is 11.1. The molecule has 0 aromatic carbocycles. The Morgan fingerprint density at radius 2 is 2.36 bits per heavy atom. The Morgan fingerprint density at radius 1 is 1.64 bits per heavy atom. The molecule has 1 unspecified atom stereocenters. The van der Waals surface area contributed by atoms with Gasteiger partial charge >= 0.3 is 0 Å². The highest BCUT2D eigenvalue weighted by molar-refractivity contribution is 5.29. The molecule has 1 aromatic heterocycles. The van der Waals surface area contributed by atoms with E-state index in [1.54, 1.807) is 0 Å². The number of aliphatic hydroxyl groups is 1. The number of aromatic nitrogens is 2. The van der Waals surface area contributed by atoms with Gasteiger partial charge in [0.05, 0.1) is 6.10 Å². The van der Waals surface area contributed by atoms with Gasteiger partial charge in [0.1, 0.15) is 0 Å². The van der Waals surface area contributed by atoms with E-state index >= 15 is 0 Å². The summed E-state index contributed by atoms with van der Waals surface area (Å²) in [5, 5.41) is 12.3. The zero-order valence-corrected chi connectivity index (χ0v) is 8.32. The van der Waals surface area contributed by atoms with E-state index in [4.69, 9.17) is 0 Å². The van der Waals surface area contributed by atoms with Gasteiger partial charge < -0.3 is 15.4 Å². The molecule has 14 heavy (non-hydrogen) atoms. The second-order valence-electron chi connectivity index (χ2n) is 3.46. The van der Waals surface area contributed by atoms with Crippen LogP contribution in [0.15, 0.2) is 17.2 Å². The molecule has 0 fully saturated rings. The van der Waals surface area contributed by atoms with Crippen molar-refractivity contribution in [2.75, 3.05) is 11.9 Å². The summed E-state index contributed by atoms with van der Waals surface area (Å²) in [7, 11) is 0. The fourth-order valence-electron chi connectivity index (χ4n) is 0.915. The second-order valence-corrected chi connectivity index (χ2v) is 3.46. The van der Waals surface area contributed by atoms with Crippen LogP contribution in [0, 0.1) is 5.92 Å². The first-order valence-electron chi connectivity index (χ1n) is 4.57. The first kappa shape index (κ1) is 10.7. The minimum Gasteiger partial charge on any atom is -0.391 e. The smallest absolute Gasteiger partial charge is 0.290 e. The molecule has 1 rings (SSSR count). The van der Waals surface area contributed by atoms with Crippen molar-refractivity contribution in [1.82, 2.24) is 9.97 Å². The lowest BCUT2D eigenvalue weighted by Gasteiger charge is -2.14. The molecule has 0 aliphatic rings. The van der Waals surface area contributed by atoms with Gasteiger partial charge in [-0.3, -0.25) is 4.79 Å². The summed E-state index contributed by atoms with van der Waals surface area (Å²) in [6, 6.07) is 0. The summed E-state index contributed by atoms with van der Waals surface area (Å²) < 4.78 is 0. The Balaban J connectivity index is 2.54. The zero-order chi connectivity index (χ0) is 10.6. The van der Waals surface area contributed by atoms with Gasteiger partial charge in [0, 0.05) is 18.9 Å². The van der Waals surface area contributed by atoms with Crippen LogP contribution >= 0.6 is 0 Å². The third-order valence-corrected chi connectivity index (χ3v) is 1.96. The minimum absolute atomic E-state index is 0.158. The van der Waals surface area contributed by atoms with Crippen LogP contribution in [0.5, 0.6) is 0 Å². The second kappa shape index (κ2) is 4.76. The number of aromatic amines is 1. The van der Waals surface area contributed by atoms with Crippen molar-refractivity contribution < 1.29 is 5.11 Å². The maximum absolute atomic E-state index is 11.1. The van der Waals surface area contributed by atoms with E-state index in [2.05, 4.69) is 15.3 Å². The van der Waals surface area contributed by atoms with Gasteiger partial charge in [-0.2, -0.15) is 0 Å². The van der Waals surface area contributed by atoms with Crippen LogP contribution in [-0.4, -0.2) is 27.7 Å². The van der Waals surface area contributed by atoms with Crippen molar-refractivity contribution >= 4 is 5.82 Å². The number of anilines is 1. The number of nitrogens with one attached hydrogen (secondary N) is 2. The molecule has 0 aliphatic heterocycles. The van der Waals surface area contributed by atoms with Crippen LogP contribution in [0.1, 0.15) is 13.8 Å². The van der Waals surface area contributed by atoms with Crippen LogP contribution in [0.25, 0.3) is 0 Å². The molecule has 0 aliphatic carbocycles. The normalized spacial score (nSPS) is 12.9. The summed E-state index contributed by atoms with van der Waals surface area (Å²) in [5.74, 6) is 0.400. The molecule has 0 radical (unpaired) electrons. The number of hydrogen-bond donors (Lipinski definition) is 3. The highest BCUT2D eigenvalue weighted by atomic mass is 16.3. The quantitative estimate of drug-likeness (QED) is 0.644. The molecular formula is C9H15N3O2. The summed E-state index contributed by atoms with van der Waals surface area (Å²) in [6.45, 7) is 4.15. The molecule has 0 bridgehead atoms. The van der Waals surface area contributed by atoms with Crippen molar-refractivity contribution in [1.29, 1.82) is 0 Å². The standard InChI is InChI=1S/C9H15N3O2/c1-6(2)7(13)5-12-8-9(14)11-4-3-10-8/h3-4,6-7,13H,5H2,1-2H3,(H,10,12)(H,11,14). The molecule has 1 heterocycles. The largest absolute Gasteiger partial charge is 0.391 e. The number of nitrogens with zero attached hydrogens (tertiary/aromatic N) is 1. The van der Waals surface area contributed by atoms with Gasteiger partial charge in [-0.05, 0) is 5.92 Å². The first-order chi connectivity index (χ1) is 6.61. The number of rotatable bonds is 4. The molecule has 0 saturated heterocycles. The zero-order valence-electron chi connectivity index (χ0n) is 8.32. The number of aliphatic hydroxyl groups excluding tert-OH is 1. The maximum Gasteiger partial charge on any atom is 0.290 e. The predicted molar refractivity (Wildman–Crippen MR) is 54.2 cm³/mol. The fourth-order valence-corrected chi connectivity index (χ4v) is 0.915. The fraction of sp³-hybridized carbons (Fsp3) is 0.556. The van der Waals surface area contributed by atoms with Crippen molar-refractivity contribution in [3.8, 4) is 0 Å². The Labute approximate surface area is 82.2 Å².